The van der Waals surface area contributed by atoms with Crippen LogP contribution in [0, 0.1) is 6.92 Å². The Morgan fingerprint density at radius 3 is 2.18 bits per heavy atom. The van der Waals surface area contributed by atoms with Crippen molar-refractivity contribution in [3.8, 4) is 0 Å². The number of aryl methyl sites for hydroxylation is 1. The molecule has 1 aromatic rings. The number of nitrogen functional groups attached to an aromatic ring is 1. The second-order valence-corrected chi connectivity index (χ2v) is 5.51. The lowest BCUT2D eigenvalue weighted by Crippen LogP contribution is -2.36. The van der Waals surface area contributed by atoms with Crippen LogP contribution in [-0.4, -0.2) is 5.54 Å². The quantitative estimate of drug-likeness (QED) is 0.772. The average molecular weight is 299 g/mol. The van der Waals surface area contributed by atoms with Crippen molar-refractivity contribution >= 4 is 27.3 Å². The van der Waals surface area contributed by atoms with E-state index in [2.05, 4.69) is 48.1 Å². The van der Waals surface area contributed by atoms with Gasteiger partial charge >= 0.3 is 0 Å². The van der Waals surface area contributed by atoms with E-state index in [-0.39, 0.29) is 5.54 Å². The maximum Gasteiger partial charge on any atom is 0.0493 e. The van der Waals surface area contributed by atoms with Crippen LogP contribution < -0.4 is 11.1 Å². The Hall–Kier alpha value is -0.700. The van der Waals surface area contributed by atoms with Gasteiger partial charge in [-0.3, -0.25) is 0 Å². The molecule has 96 valence electrons. The minimum absolute atomic E-state index is 0.186. The van der Waals surface area contributed by atoms with Gasteiger partial charge in [0.05, 0.1) is 0 Å². The van der Waals surface area contributed by atoms with Crippen LogP contribution in [0.4, 0.5) is 11.4 Å². The van der Waals surface area contributed by atoms with Crippen molar-refractivity contribution in [2.24, 2.45) is 0 Å². The van der Waals surface area contributed by atoms with Gasteiger partial charge in [0.15, 0.2) is 0 Å². The van der Waals surface area contributed by atoms with Crippen LogP contribution in [0.1, 0.15) is 45.6 Å². The van der Waals surface area contributed by atoms with Gasteiger partial charge in [-0.2, -0.15) is 0 Å². The molecule has 0 aliphatic carbocycles. The predicted molar refractivity (Wildman–Crippen MR) is 80.5 cm³/mol. The van der Waals surface area contributed by atoms with Crippen LogP contribution >= 0.6 is 15.9 Å². The predicted octanol–water partition coefficient (Wildman–Crippen LogP) is 4.72. The molecule has 2 nitrogen and oxygen atoms in total. The monoisotopic (exact) mass is 298 g/mol. The molecular formula is C14H23BrN2. The molecule has 0 saturated carbocycles. The van der Waals surface area contributed by atoms with E-state index in [1.54, 1.807) is 0 Å². The zero-order valence-electron chi connectivity index (χ0n) is 11.2. The van der Waals surface area contributed by atoms with Crippen molar-refractivity contribution in [1.82, 2.24) is 0 Å². The van der Waals surface area contributed by atoms with E-state index in [9.17, 15) is 0 Å². The third-order valence-corrected chi connectivity index (χ3v) is 4.44. The molecule has 0 fully saturated rings. The maximum atomic E-state index is 5.89. The highest BCUT2D eigenvalue weighted by Crippen LogP contribution is 2.33. The van der Waals surface area contributed by atoms with E-state index in [1.807, 2.05) is 13.0 Å². The Morgan fingerprint density at radius 2 is 1.71 bits per heavy atom. The number of rotatable bonds is 5. The average Bonchev–Trinajstić information content (AvgIpc) is 2.33. The number of anilines is 2. The van der Waals surface area contributed by atoms with Gasteiger partial charge in [-0.1, -0.05) is 20.8 Å². The summed E-state index contributed by atoms with van der Waals surface area (Å²) in [5.74, 6) is 0. The summed E-state index contributed by atoms with van der Waals surface area (Å²) in [6, 6.07) is 4.10. The normalized spacial score (nSPS) is 11.6. The van der Waals surface area contributed by atoms with Crippen molar-refractivity contribution in [2.45, 2.75) is 52.5 Å². The molecule has 3 heteroatoms. The first-order valence-electron chi connectivity index (χ1n) is 6.31. The maximum absolute atomic E-state index is 5.89. The van der Waals surface area contributed by atoms with Gasteiger partial charge in [0, 0.05) is 21.4 Å². The first-order valence-corrected chi connectivity index (χ1v) is 7.11. The van der Waals surface area contributed by atoms with Crippen molar-refractivity contribution in [3.63, 3.8) is 0 Å². The van der Waals surface area contributed by atoms with Crippen molar-refractivity contribution < 1.29 is 0 Å². The molecule has 3 N–H and O–H groups in total. The topological polar surface area (TPSA) is 38.0 Å². The molecule has 0 amide bonds. The Labute approximate surface area is 113 Å². The van der Waals surface area contributed by atoms with Crippen molar-refractivity contribution in [2.75, 3.05) is 11.1 Å². The standard InChI is InChI=1S/C14H23BrN2/c1-5-14(6-2,7-3)17-13-8-10(4)12(16)9-11(13)15/h8-9,17H,5-7,16H2,1-4H3. The Kier molecular flexibility index (Phi) is 4.87. The molecule has 0 atom stereocenters. The number of hydrogen-bond acceptors (Lipinski definition) is 2. The summed E-state index contributed by atoms with van der Waals surface area (Å²) >= 11 is 3.58. The minimum Gasteiger partial charge on any atom is -0.398 e. The molecule has 0 unspecified atom stereocenters. The van der Waals surface area contributed by atoms with Gasteiger partial charge in [0.1, 0.15) is 0 Å². The second-order valence-electron chi connectivity index (χ2n) is 4.65. The Balaban J connectivity index is 3.05. The number of halogens is 1. The molecule has 17 heavy (non-hydrogen) atoms. The van der Waals surface area contributed by atoms with E-state index in [0.29, 0.717) is 0 Å². The molecule has 0 aromatic heterocycles. The molecule has 0 bridgehead atoms. The van der Waals surface area contributed by atoms with Crippen LogP contribution in [0.25, 0.3) is 0 Å². The van der Waals surface area contributed by atoms with Gasteiger partial charge in [-0.25, -0.2) is 0 Å². The fraction of sp³-hybridized carbons (Fsp3) is 0.571. The van der Waals surface area contributed by atoms with Gasteiger partial charge in [0.2, 0.25) is 0 Å². The Morgan fingerprint density at radius 1 is 1.18 bits per heavy atom. The summed E-state index contributed by atoms with van der Waals surface area (Å²) in [4.78, 5) is 0. The zero-order valence-corrected chi connectivity index (χ0v) is 12.8. The first kappa shape index (κ1) is 14.4. The molecular weight excluding hydrogens is 276 g/mol. The molecule has 0 aliphatic heterocycles. The van der Waals surface area contributed by atoms with E-state index in [0.717, 1.165) is 40.7 Å². The van der Waals surface area contributed by atoms with Crippen LogP contribution in [0.5, 0.6) is 0 Å². The molecule has 0 heterocycles. The van der Waals surface area contributed by atoms with Crippen molar-refractivity contribution in [1.29, 1.82) is 0 Å². The summed E-state index contributed by atoms with van der Waals surface area (Å²) in [5, 5.41) is 3.68. The van der Waals surface area contributed by atoms with E-state index in [4.69, 9.17) is 5.73 Å². The van der Waals surface area contributed by atoms with Crippen LogP contribution in [0.3, 0.4) is 0 Å². The number of hydrogen-bond donors (Lipinski definition) is 2. The number of nitrogens with two attached hydrogens (primary N) is 1. The van der Waals surface area contributed by atoms with E-state index < -0.39 is 0 Å². The molecule has 1 rings (SSSR count). The van der Waals surface area contributed by atoms with Gasteiger partial charge < -0.3 is 11.1 Å². The summed E-state index contributed by atoms with van der Waals surface area (Å²) in [7, 11) is 0. The molecule has 1 aromatic carbocycles. The molecule has 0 spiro atoms. The third-order valence-electron chi connectivity index (χ3n) is 3.79. The van der Waals surface area contributed by atoms with Crippen LogP contribution in [0.15, 0.2) is 16.6 Å². The lowest BCUT2D eigenvalue weighted by atomic mass is 9.89. The Bertz CT molecular complexity index is 376. The smallest absolute Gasteiger partial charge is 0.0493 e. The lowest BCUT2D eigenvalue weighted by molar-refractivity contribution is 0.420. The van der Waals surface area contributed by atoms with Crippen LogP contribution in [-0.2, 0) is 0 Å². The highest BCUT2D eigenvalue weighted by molar-refractivity contribution is 9.10. The van der Waals surface area contributed by atoms with E-state index in [1.165, 1.54) is 0 Å². The first-order chi connectivity index (χ1) is 7.98. The summed E-state index contributed by atoms with van der Waals surface area (Å²) in [5.41, 5.74) is 9.17. The largest absolute Gasteiger partial charge is 0.398 e. The van der Waals surface area contributed by atoms with Gasteiger partial charge in [0.25, 0.3) is 0 Å². The molecule has 0 aliphatic rings. The molecule has 0 radical (unpaired) electrons. The highest BCUT2D eigenvalue weighted by Gasteiger charge is 2.24. The van der Waals surface area contributed by atoms with E-state index >= 15 is 0 Å². The lowest BCUT2D eigenvalue weighted by Gasteiger charge is -2.33. The SMILES string of the molecule is CCC(CC)(CC)Nc1cc(C)c(N)cc1Br. The third kappa shape index (κ3) is 3.15. The molecule has 0 saturated heterocycles. The summed E-state index contributed by atoms with van der Waals surface area (Å²) < 4.78 is 1.04. The number of benzene rings is 1. The second kappa shape index (κ2) is 5.76. The van der Waals surface area contributed by atoms with Gasteiger partial charge in [-0.15, -0.1) is 0 Å². The highest BCUT2D eigenvalue weighted by atomic mass is 79.9. The zero-order chi connectivity index (χ0) is 13.1. The number of nitrogens with one attached hydrogen (secondary N) is 1. The van der Waals surface area contributed by atoms with Crippen LogP contribution in [0.2, 0.25) is 0 Å². The van der Waals surface area contributed by atoms with Gasteiger partial charge in [-0.05, 0) is 59.8 Å². The summed E-state index contributed by atoms with van der Waals surface area (Å²) in [6.07, 6.45) is 3.36. The summed E-state index contributed by atoms with van der Waals surface area (Å²) in [6.45, 7) is 8.74. The van der Waals surface area contributed by atoms with Crippen molar-refractivity contribution in [3.05, 3.63) is 22.2 Å². The fourth-order valence-electron chi connectivity index (χ4n) is 2.09. The fourth-order valence-corrected chi connectivity index (χ4v) is 2.55. The minimum atomic E-state index is 0.186.